The van der Waals surface area contributed by atoms with E-state index in [9.17, 15) is 4.79 Å². The van der Waals surface area contributed by atoms with Crippen LogP contribution in [0, 0.1) is 12.8 Å². The Morgan fingerprint density at radius 3 is 2.32 bits per heavy atom. The molecule has 3 heteroatoms. The smallest absolute Gasteiger partial charge is 0.254 e. The van der Waals surface area contributed by atoms with Gasteiger partial charge in [0.25, 0.3) is 5.91 Å². The maximum atomic E-state index is 12.6. The molecule has 0 atom stereocenters. The molecule has 3 nitrogen and oxygen atoms in total. The third-order valence-corrected chi connectivity index (χ3v) is 3.19. The molecule has 1 rings (SSSR count). The summed E-state index contributed by atoms with van der Waals surface area (Å²) in [6, 6.07) is 6.10. The van der Waals surface area contributed by atoms with E-state index in [2.05, 4.69) is 33.0 Å². The third kappa shape index (κ3) is 3.98. The molecule has 0 saturated heterocycles. The number of anilines is 1. The van der Waals surface area contributed by atoms with Crippen LogP contribution in [0.1, 0.15) is 43.6 Å². The van der Waals surface area contributed by atoms with Crippen LogP contribution in [0.5, 0.6) is 0 Å². The van der Waals surface area contributed by atoms with Gasteiger partial charge in [-0.2, -0.15) is 0 Å². The van der Waals surface area contributed by atoms with E-state index in [1.165, 1.54) is 0 Å². The minimum absolute atomic E-state index is 0.129. The number of benzene rings is 1. The van der Waals surface area contributed by atoms with Crippen molar-refractivity contribution in [1.29, 1.82) is 0 Å². The zero-order valence-electron chi connectivity index (χ0n) is 12.9. The second-order valence-electron chi connectivity index (χ2n) is 5.72. The van der Waals surface area contributed by atoms with Crippen LogP contribution in [0.15, 0.2) is 18.2 Å². The van der Waals surface area contributed by atoms with Crippen molar-refractivity contribution in [2.24, 2.45) is 5.92 Å². The summed E-state index contributed by atoms with van der Waals surface area (Å²) in [5.41, 5.74) is 2.86. The predicted molar refractivity (Wildman–Crippen MR) is 81.7 cm³/mol. The molecule has 0 aliphatic carbocycles. The zero-order valence-corrected chi connectivity index (χ0v) is 12.9. The van der Waals surface area contributed by atoms with Gasteiger partial charge in [-0.25, -0.2) is 0 Å². The Labute approximate surface area is 117 Å². The first-order chi connectivity index (χ1) is 8.86. The van der Waals surface area contributed by atoms with Crippen LogP contribution in [0.25, 0.3) is 0 Å². The van der Waals surface area contributed by atoms with Crippen LogP contribution in [0.3, 0.4) is 0 Å². The summed E-state index contributed by atoms with van der Waals surface area (Å²) in [5, 5.41) is 3.09. The predicted octanol–water partition coefficient (Wildman–Crippen LogP) is 3.54. The highest BCUT2D eigenvalue weighted by atomic mass is 16.2. The summed E-state index contributed by atoms with van der Waals surface area (Å²) in [7, 11) is 1.88. The summed E-state index contributed by atoms with van der Waals surface area (Å²) in [5.74, 6) is 0.604. The summed E-state index contributed by atoms with van der Waals surface area (Å²) < 4.78 is 0. The number of amides is 1. The average Bonchev–Trinajstić information content (AvgIpc) is 2.34. The Morgan fingerprint density at radius 1 is 1.26 bits per heavy atom. The fraction of sp³-hybridized carbons (Fsp3) is 0.562. The normalized spacial score (nSPS) is 10.9. The van der Waals surface area contributed by atoms with E-state index in [1.807, 2.05) is 37.1 Å². The molecule has 0 spiro atoms. The monoisotopic (exact) mass is 262 g/mol. The van der Waals surface area contributed by atoms with Gasteiger partial charge < -0.3 is 10.2 Å². The highest BCUT2D eigenvalue weighted by Crippen LogP contribution is 2.18. The molecular formula is C16H26N2O. The van der Waals surface area contributed by atoms with Crippen molar-refractivity contribution in [2.75, 3.05) is 18.9 Å². The van der Waals surface area contributed by atoms with Gasteiger partial charge in [0.15, 0.2) is 0 Å². The minimum atomic E-state index is 0.129. The number of carbonyl (C=O) groups is 1. The summed E-state index contributed by atoms with van der Waals surface area (Å²) in [4.78, 5) is 14.6. The van der Waals surface area contributed by atoms with Gasteiger partial charge in [0.1, 0.15) is 0 Å². The molecule has 1 amide bonds. The quantitative estimate of drug-likeness (QED) is 0.880. The number of carbonyl (C=O) groups excluding carboxylic acids is 1. The average molecular weight is 262 g/mol. The number of hydrogen-bond acceptors (Lipinski definition) is 2. The molecule has 0 saturated carbocycles. The summed E-state index contributed by atoms with van der Waals surface area (Å²) in [6.07, 6.45) is 0. The van der Waals surface area contributed by atoms with Crippen LogP contribution in [-0.4, -0.2) is 30.4 Å². The number of rotatable bonds is 5. The van der Waals surface area contributed by atoms with E-state index < -0.39 is 0 Å². The van der Waals surface area contributed by atoms with Gasteiger partial charge in [-0.05, 0) is 50.5 Å². The standard InChI is InChI=1S/C16H26N2O/c1-11(2)10-18(12(3)4)16(19)15-8-7-14(17-6)9-13(15)5/h7-9,11-12,17H,10H2,1-6H3. The number of nitrogens with zero attached hydrogens (tertiary/aromatic N) is 1. The Hall–Kier alpha value is -1.51. The lowest BCUT2D eigenvalue weighted by Gasteiger charge is -2.29. The Bertz CT molecular complexity index is 438. The molecule has 106 valence electrons. The van der Waals surface area contributed by atoms with Gasteiger partial charge >= 0.3 is 0 Å². The topological polar surface area (TPSA) is 32.3 Å². The van der Waals surface area contributed by atoms with Crippen LogP contribution < -0.4 is 5.32 Å². The largest absolute Gasteiger partial charge is 0.388 e. The van der Waals surface area contributed by atoms with Crippen molar-refractivity contribution in [3.63, 3.8) is 0 Å². The van der Waals surface area contributed by atoms with Crippen molar-refractivity contribution < 1.29 is 4.79 Å². The molecule has 19 heavy (non-hydrogen) atoms. The van der Waals surface area contributed by atoms with E-state index in [0.717, 1.165) is 23.4 Å². The van der Waals surface area contributed by atoms with E-state index in [4.69, 9.17) is 0 Å². The van der Waals surface area contributed by atoms with E-state index >= 15 is 0 Å². The minimum Gasteiger partial charge on any atom is -0.388 e. The highest BCUT2D eigenvalue weighted by Gasteiger charge is 2.21. The molecular weight excluding hydrogens is 236 g/mol. The zero-order chi connectivity index (χ0) is 14.6. The molecule has 0 aromatic heterocycles. The first-order valence-electron chi connectivity index (χ1n) is 6.96. The SMILES string of the molecule is CNc1ccc(C(=O)N(CC(C)C)C(C)C)c(C)c1. The number of aryl methyl sites for hydroxylation is 1. The van der Waals surface area contributed by atoms with Crippen molar-refractivity contribution in [2.45, 2.75) is 40.7 Å². The lowest BCUT2D eigenvalue weighted by atomic mass is 10.0. The Morgan fingerprint density at radius 2 is 1.89 bits per heavy atom. The van der Waals surface area contributed by atoms with Gasteiger partial charge in [-0.1, -0.05) is 13.8 Å². The first-order valence-corrected chi connectivity index (χ1v) is 6.96. The second-order valence-corrected chi connectivity index (χ2v) is 5.72. The molecule has 0 fully saturated rings. The van der Waals surface area contributed by atoms with Gasteiger partial charge in [0.05, 0.1) is 0 Å². The van der Waals surface area contributed by atoms with Crippen LogP contribution >= 0.6 is 0 Å². The molecule has 0 unspecified atom stereocenters. The molecule has 0 aliphatic rings. The molecule has 0 radical (unpaired) electrons. The summed E-state index contributed by atoms with van der Waals surface area (Å²) >= 11 is 0. The maximum absolute atomic E-state index is 12.6. The van der Waals surface area contributed by atoms with Gasteiger partial charge in [-0.3, -0.25) is 4.79 Å². The van der Waals surface area contributed by atoms with Crippen molar-refractivity contribution in [3.05, 3.63) is 29.3 Å². The number of nitrogens with one attached hydrogen (secondary N) is 1. The van der Waals surface area contributed by atoms with Crippen molar-refractivity contribution >= 4 is 11.6 Å². The lowest BCUT2D eigenvalue weighted by molar-refractivity contribution is 0.0681. The first kappa shape index (κ1) is 15.5. The fourth-order valence-corrected chi connectivity index (χ4v) is 2.14. The molecule has 0 heterocycles. The van der Waals surface area contributed by atoms with Crippen LogP contribution in [-0.2, 0) is 0 Å². The van der Waals surface area contributed by atoms with Crippen molar-refractivity contribution in [1.82, 2.24) is 4.90 Å². The Balaban J connectivity index is 3.02. The molecule has 1 N–H and O–H groups in total. The molecule has 1 aromatic carbocycles. The van der Waals surface area contributed by atoms with Crippen LogP contribution in [0.2, 0.25) is 0 Å². The van der Waals surface area contributed by atoms with Crippen LogP contribution in [0.4, 0.5) is 5.69 Å². The molecule has 0 aliphatic heterocycles. The van der Waals surface area contributed by atoms with Gasteiger partial charge in [-0.15, -0.1) is 0 Å². The van der Waals surface area contributed by atoms with E-state index in [1.54, 1.807) is 0 Å². The van der Waals surface area contributed by atoms with E-state index in [-0.39, 0.29) is 11.9 Å². The van der Waals surface area contributed by atoms with Gasteiger partial charge in [0.2, 0.25) is 0 Å². The second kappa shape index (κ2) is 6.60. The fourth-order valence-electron chi connectivity index (χ4n) is 2.14. The summed E-state index contributed by atoms with van der Waals surface area (Å²) in [6.45, 7) is 11.2. The maximum Gasteiger partial charge on any atom is 0.254 e. The molecule has 0 bridgehead atoms. The molecule has 1 aromatic rings. The third-order valence-electron chi connectivity index (χ3n) is 3.19. The number of hydrogen-bond donors (Lipinski definition) is 1. The highest BCUT2D eigenvalue weighted by molar-refractivity contribution is 5.96. The lowest BCUT2D eigenvalue weighted by Crippen LogP contribution is -2.39. The van der Waals surface area contributed by atoms with E-state index in [0.29, 0.717) is 5.92 Å². The van der Waals surface area contributed by atoms with Gasteiger partial charge in [0, 0.05) is 30.9 Å². The Kier molecular flexibility index (Phi) is 5.40. The van der Waals surface area contributed by atoms with Crippen molar-refractivity contribution in [3.8, 4) is 0 Å².